The second-order valence-corrected chi connectivity index (χ2v) is 1.77. The van der Waals surface area contributed by atoms with Crippen LogP contribution in [0.1, 0.15) is 0 Å². The van der Waals surface area contributed by atoms with E-state index >= 15 is 0 Å². The van der Waals surface area contributed by atoms with Crippen molar-refractivity contribution in [1.29, 1.82) is 0 Å². The summed E-state index contributed by atoms with van der Waals surface area (Å²) in [5, 5.41) is 7.74. The Bertz CT molecular complexity index is 252. The largest absolute Gasteiger partial charge is 0.445 e. The van der Waals surface area contributed by atoms with E-state index in [1.807, 2.05) is 0 Å². The van der Waals surface area contributed by atoms with Gasteiger partial charge in [-0.05, 0) is 6.07 Å². The van der Waals surface area contributed by atoms with Gasteiger partial charge in [0.25, 0.3) is 0 Å². The first kappa shape index (κ1) is 5.22. The zero-order valence-corrected chi connectivity index (χ0v) is 5.14. The number of furan rings is 1. The Balaban J connectivity index is 2.48. The second kappa shape index (κ2) is 1.98. The molecule has 0 N–H and O–H groups in total. The molecule has 0 saturated heterocycles. The predicted molar refractivity (Wildman–Crippen MR) is 33.6 cm³/mol. The molecule has 2 rings (SSSR count). The molecule has 0 spiro atoms. The third-order valence-corrected chi connectivity index (χ3v) is 1.12. The highest BCUT2D eigenvalue weighted by molar-refractivity contribution is 5.12. The van der Waals surface area contributed by atoms with Crippen molar-refractivity contribution in [3.8, 4) is 5.88 Å². The maximum Gasteiger partial charge on any atom is 0.238 e. The Labute approximate surface area is 57.1 Å². The van der Waals surface area contributed by atoms with Crippen molar-refractivity contribution < 1.29 is 4.42 Å². The number of aromatic nitrogens is 3. The minimum Gasteiger partial charge on any atom is -0.445 e. The van der Waals surface area contributed by atoms with Gasteiger partial charge in [-0.15, -0.1) is 4.80 Å². The average Bonchev–Trinajstić information content (AvgIpc) is 2.59. The van der Waals surface area contributed by atoms with Crippen LogP contribution in [0.15, 0.2) is 35.2 Å². The van der Waals surface area contributed by atoms with Crippen molar-refractivity contribution in [1.82, 2.24) is 15.0 Å². The molecular weight excluding hydrogens is 130 g/mol. The lowest BCUT2D eigenvalue weighted by Crippen LogP contribution is -1.94. The molecule has 2 aromatic heterocycles. The molecule has 0 radical (unpaired) electrons. The number of hydrogen-bond donors (Lipinski definition) is 0. The quantitative estimate of drug-likeness (QED) is 0.582. The van der Waals surface area contributed by atoms with Crippen LogP contribution in [-0.2, 0) is 0 Å². The lowest BCUT2D eigenvalue weighted by Gasteiger charge is -1.88. The van der Waals surface area contributed by atoms with E-state index in [1.165, 1.54) is 4.80 Å². The van der Waals surface area contributed by atoms with Crippen molar-refractivity contribution in [3.05, 3.63) is 30.8 Å². The molecule has 0 aliphatic carbocycles. The predicted octanol–water partition coefficient (Wildman–Crippen LogP) is 0.860. The van der Waals surface area contributed by atoms with Crippen LogP contribution in [0.4, 0.5) is 0 Å². The van der Waals surface area contributed by atoms with Gasteiger partial charge < -0.3 is 4.42 Å². The first-order chi connectivity index (χ1) is 4.97. The summed E-state index contributed by atoms with van der Waals surface area (Å²) in [5.41, 5.74) is 0. The number of nitrogens with zero attached hydrogens (tertiary/aromatic N) is 3. The third kappa shape index (κ3) is 0.699. The van der Waals surface area contributed by atoms with Crippen molar-refractivity contribution >= 4 is 0 Å². The lowest BCUT2D eigenvalue weighted by atomic mass is 10.6. The molecule has 50 valence electrons. The van der Waals surface area contributed by atoms with Gasteiger partial charge in [0, 0.05) is 6.07 Å². The summed E-state index contributed by atoms with van der Waals surface area (Å²) in [5.74, 6) is 0.630. The van der Waals surface area contributed by atoms with Crippen LogP contribution in [0.2, 0.25) is 0 Å². The number of rotatable bonds is 1. The fourth-order valence-electron chi connectivity index (χ4n) is 0.713. The van der Waals surface area contributed by atoms with Gasteiger partial charge in [-0.3, -0.25) is 0 Å². The van der Waals surface area contributed by atoms with Gasteiger partial charge in [-0.2, -0.15) is 10.2 Å². The Morgan fingerprint density at radius 2 is 2.10 bits per heavy atom. The second-order valence-electron chi connectivity index (χ2n) is 1.77. The third-order valence-electron chi connectivity index (χ3n) is 1.12. The summed E-state index contributed by atoms with van der Waals surface area (Å²) in [6, 6.07) is 3.58. The molecule has 0 amide bonds. The lowest BCUT2D eigenvalue weighted by molar-refractivity contribution is 0.499. The molecule has 0 atom stereocenters. The zero-order chi connectivity index (χ0) is 6.81. The fourth-order valence-corrected chi connectivity index (χ4v) is 0.713. The SMILES string of the molecule is c1coc(-n2nccn2)c1. The maximum atomic E-state index is 5.02. The highest BCUT2D eigenvalue weighted by atomic mass is 16.3. The standard InChI is InChI=1S/C6H5N3O/c1-2-6(10-5-1)9-7-3-4-8-9/h1-5H. The Hall–Kier alpha value is -1.58. The van der Waals surface area contributed by atoms with E-state index < -0.39 is 0 Å². The van der Waals surface area contributed by atoms with E-state index in [4.69, 9.17) is 4.42 Å². The smallest absolute Gasteiger partial charge is 0.238 e. The zero-order valence-electron chi connectivity index (χ0n) is 5.14. The molecule has 0 aliphatic rings. The van der Waals surface area contributed by atoms with Crippen LogP contribution in [0.5, 0.6) is 0 Å². The Morgan fingerprint density at radius 3 is 2.70 bits per heavy atom. The minimum absolute atomic E-state index is 0.630. The van der Waals surface area contributed by atoms with Crippen LogP contribution < -0.4 is 0 Å². The average molecular weight is 135 g/mol. The Morgan fingerprint density at radius 1 is 1.30 bits per heavy atom. The van der Waals surface area contributed by atoms with E-state index in [-0.39, 0.29) is 0 Å². The summed E-state index contributed by atoms with van der Waals surface area (Å²) >= 11 is 0. The highest BCUT2D eigenvalue weighted by Gasteiger charge is 1.96. The minimum atomic E-state index is 0.630. The molecule has 4 heteroatoms. The van der Waals surface area contributed by atoms with E-state index in [2.05, 4.69) is 10.2 Å². The van der Waals surface area contributed by atoms with E-state index in [0.29, 0.717) is 5.88 Å². The first-order valence-corrected chi connectivity index (χ1v) is 2.87. The van der Waals surface area contributed by atoms with Crippen LogP contribution in [-0.4, -0.2) is 15.0 Å². The van der Waals surface area contributed by atoms with Crippen LogP contribution in [0, 0.1) is 0 Å². The van der Waals surface area contributed by atoms with Crippen LogP contribution >= 0.6 is 0 Å². The maximum absolute atomic E-state index is 5.02. The van der Waals surface area contributed by atoms with E-state index in [0.717, 1.165) is 0 Å². The van der Waals surface area contributed by atoms with Crippen molar-refractivity contribution in [2.24, 2.45) is 0 Å². The van der Waals surface area contributed by atoms with Crippen molar-refractivity contribution in [3.63, 3.8) is 0 Å². The summed E-state index contributed by atoms with van der Waals surface area (Å²) < 4.78 is 5.02. The fraction of sp³-hybridized carbons (Fsp3) is 0. The highest BCUT2D eigenvalue weighted by Crippen LogP contribution is 2.02. The summed E-state index contributed by atoms with van der Waals surface area (Å²) in [4.78, 5) is 1.42. The van der Waals surface area contributed by atoms with Crippen LogP contribution in [0.25, 0.3) is 5.88 Å². The van der Waals surface area contributed by atoms with Gasteiger partial charge in [0.05, 0.1) is 18.7 Å². The molecular formula is C6H5N3O. The van der Waals surface area contributed by atoms with Crippen molar-refractivity contribution in [2.75, 3.05) is 0 Å². The molecule has 0 saturated carbocycles. The summed E-state index contributed by atoms with van der Waals surface area (Å²) in [7, 11) is 0. The topological polar surface area (TPSA) is 43.9 Å². The Kier molecular flexibility index (Phi) is 1.04. The molecule has 10 heavy (non-hydrogen) atoms. The molecule has 0 aliphatic heterocycles. The molecule has 0 aromatic carbocycles. The van der Waals surface area contributed by atoms with Gasteiger partial charge in [-0.1, -0.05) is 0 Å². The number of hydrogen-bond acceptors (Lipinski definition) is 3. The first-order valence-electron chi connectivity index (χ1n) is 2.87. The van der Waals surface area contributed by atoms with Gasteiger partial charge in [0.15, 0.2) is 0 Å². The van der Waals surface area contributed by atoms with Gasteiger partial charge in [0.1, 0.15) is 0 Å². The van der Waals surface area contributed by atoms with Gasteiger partial charge in [0.2, 0.25) is 5.88 Å². The molecule has 0 fully saturated rings. The molecule has 0 bridgehead atoms. The summed E-state index contributed by atoms with van der Waals surface area (Å²) in [6.07, 6.45) is 4.78. The monoisotopic (exact) mass is 135 g/mol. The van der Waals surface area contributed by atoms with Gasteiger partial charge >= 0.3 is 0 Å². The molecule has 0 unspecified atom stereocenters. The van der Waals surface area contributed by atoms with Crippen LogP contribution in [0.3, 0.4) is 0 Å². The molecule has 4 nitrogen and oxygen atoms in total. The van der Waals surface area contributed by atoms with Crippen molar-refractivity contribution in [2.45, 2.75) is 0 Å². The normalized spacial score (nSPS) is 10.0. The summed E-state index contributed by atoms with van der Waals surface area (Å²) in [6.45, 7) is 0. The molecule has 2 heterocycles. The van der Waals surface area contributed by atoms with Gasteiger partial charge in [-0.25, -0.2) is 0 Å². The van der Waals surface area contributed by atoms with E-state index in [1.54, 1.807) is 30.8 Å². The molecule has 2 aromatic rings. The van der Waals surface area contributed by atoms with E-state index in [9.17, 15) is 0 Å².